The molecule has 1 saturated heterocycles. The summed E-state index contributed by atoms with van der Waals surface area (Å²) in [6, 6.07) is 10.9. The Hall–Kier alpha value is -4.00. The number of benzene rings is 2. The topological polar surface area (TPSA) is 120 Å². The predicted molar refractivity (Wildman–Crippen MR) is 156 cm³/mol. The standard InChI is InChI=1S/C26H24Cl2N6O5S/c1-38-17-11-19(21(27)20(12-17)39-2)34(28)25(35)18-13-40-23-22(18)29-14-30-24(23)31-15-3-5-16(6-4-15)32-7-9-33(10-8-32)26(36)37/h3-6,11-14H,7-10H2,1-2H3,(H,36,37)(H,29,30,31). The van der Waals surface area contributed by atoms with Gasteiger partial charge < -0.3 is 29.7 Å². The molecule has 11 nitrogen and oxygen atoms in total. The summed E-state index contributed by atoms with van der Waals surface area (Å²) in [4.78, 5) is 36.9. The lowest BCUT2D eigenvalue weighted by Gasteiger charge is -2.34. The van der Waals surface area contributed by atoms with Crippen LogP contribution in [0.3, 0.4) is 0 Å². The third-order valence-corrected chi connectivity index (χ3v) is 8.16. The van der Waals surface area contributed by atoms with Gasteiger partial charge in [0.25, 0.3) is 5.91 Å². The quantitative estimate of drug-likeness (QED) is 0.256. The van der Waals surface area contributed by atoms with E-state index in [4.69, 9.17) is 38.0 Å². The fraction of sp³-hybridized carbons (Fsp3) is 0.231. The molecule has 2 aromatic carbocycles. The maximum atomic E-state index is 13.4. The van der Waals surface area contributed by atoms with Crippen LogP contribution in [0, 0.1) is 0 Å². The summed E-state index contributed by atoms with van der Waals surface area (Å²) in [7, 11) is 2.94. The van der Waals surface area contributed by atoms with E-state index in [0.29, 0.717) is 53.7 Å². The lowest BCUT2D eigenvalue weighted by molar-refractivity contribution is 0.101. The van der Waals surface area contributed by atoms with E-state index < -0.39 is 12.0 Å². The Bertz CT molecular complexity index is 1560. The molecule has 2 amide bonds. The van der Waals surface area contributed by atoms with E-state index in [0.717, 1.165) is 15.8 Å². The smallest absolute Gasteiger partial charge is 0.407 e. The van der Waals surface area contributed by atoms with Crippen molar-refractivity contribution in [2.24, 2.45) is 0 Å². The van der Waals surface area contributed by atoms with Gasteiger partial charge in [0.05, 0.1) is 35.7 Å². The van der Waals surface area contributed by atoms with Crippen LogP contribution >= 0.6 is 34.7 Å². The van der Waals surface area contributed by atoms with E-state index in [1.807, 2.05) is 24.3 Å². The summed E-state index contributed by atoms with van der Waals surface area (Å²) < 4.78 is 12.2. The third kappa shape index (κ3) is 5.37. The molecule has 0 unspecified atom stereocenters. The van der Waals surface area contributed by atoms with Gasteiger partial charge in [-0.25, -0.2) is 19.2 Å². The number of carbonyl (C=O) groups is 2. The minimum absolute atomic E-state index is 0.162. The molecular weight excluding hydrogens is 579 g/mol. The number of thiophene rings is 1. The van der Waals surface area contributed by atoms with Crippen LogP contribution in [0.4, 0.5) is 27.7 Å². The van der Waals surface area contributed by atoms with Crippen LogP contribution in [0.5, 0.6) is 11.5 Å². The number of anilines is 4. The zero-order chi connectivity index (χ0) is 28.4. The summed E-state index contributed by atoms with van der Waals surface area (Å²) >= 11 is 14.2. The molecule has 1 aliphatic rings. The largest absolute Gasteiger partial charge is 0.497 e. The SMILES string of the molecule is COc1cc(OC)c(Cl)c(N(Cl)C(=O)c2csc3c(Nc4ccc(N5CCN(C(=O)O)CC5)cc4)ncnc23)c1. The van der Waals surface area contributed by atoms with Crippen molar-refractivity contribution >= 4 is 79.8 Å². The molecule has 4 aromatic rings. The number of hydrogen-bond donors (Lipinski definition) is 2. The van der Waals surface area contributed by atoms with Gasteiger partial charge in [-0.1, -0.05) is 11.6 Å². The van der Waals surface area contributed by atoms with E-state index in [1.54, 1.807) is 17.5 Å². The first-order valence-electron chi connectivity index (χ1n) is 12.0. The van der Waals surface area contributed by atoms with Crippen molar-refractivity contribution in [3.8, 4) is 11.5 Å². The molecule has 0 spiro atoms. The molecule has 2 N–H and O–H groups in total. The number of aromatic nitrogens is 2. The van der Waals surface area contributed by atoms with Gasteiger partial charge in [0, 0.05) is 66.8 Å². The van der Waals surface area contributed by atoms with Crippen LogP contribution in [-0.2, 0) is 0 Å². The molecule has 14 heteroatoms. The van der Waals surface area contributed by atoms with Crippen molar-refractivity contribution < 1.29 is 24.2 Å². The van der Waals surface area contributed by atoms with Crippen LogP contribution in [0.15, 0.2) is 48.1 Å². The number of nitrogens with one attached hydrogen (secondary N) is 1. The Morgan fingerprint density at radius 3 is 2.45 bits per heavy atom. The number of amides is 2. The molecule has 5 rings (SSSR count). The normalized spacial score (nSPS) is 13.3. The van der Waals surface area contributed by atoms with Crippen molar-refractivity contribution in [2.45, 2.75) is 0 Å². The molecule has 0 aliphatic carbocycles. The molecule has 0 bridgehead atoms. The Morgan fingerprint density at radius 1 is 1.07 bits per heavy atom. The first kappa shape index (κ1) is 27.6. The average Bonchev–Trinajstić information content (AvgIpc) is 3.42. The zero-order valence-electron chi connectivity index (χ0n) is 21.4. The van der Waals surface area contributed by atoms with Gasteiger partial charge in [0.15, 0.2) is 5.82 Å². The zero-order valence-corrected chi connectivity index (χ0v) is 23.8. The fourth-order valence-corrected chi connectivity index (χ4v) is 5.80. The monoisotopic (exact) mass is 602 g/mol. The maximum absolute atomic E-state index is 13.4. The second-order valence-corrected chi connectivity index (χ2v) is 10.3. The molecule has 0 saturated carbocycles. The fourth-order valence-electron chi connectivity index (χ4n) is 4.32. The highest BCUT2D eigenvalue weighted by molar-refractivity contribution is 7.18. The summed E-state index contributed by atoms with van der Waals surface area (Å²) in [5.74, 6) is 0.750. The van der Waals surface area contributed by atoms with Crippen LogP contribution in [0.25, 0.3) is 10.2 Å². The molecule has 40 heavy (non-hydrogen) atoms. The number of ether oxygens (including phenoxy) is 2. The number of hydrogen-bond acceptors (Lipinski definition) is 9. The summed E-state index contributed by atoms with van der Waals surface area (Å²) in [6.45, 7) is 2.18. The molecule has 0 atom stereocenters. The molecule has 1 aliphatic heterocycles. The van der Waals surface area contributed by atoms with Gasteiger partial charge in [-0.05, 0) is 24.3 Å². The van der Waals surface area contributed by atoms with Crippen molar-refractivity contribution in [2.75, 3.05) is 55.0 Å². The number of halogens is 2. The van der Waals surface area contributed by atoms with Gasteiger partial charge in [0.1, 0.15) is 22.8 Å². The van der Waals surface area contributed by atoms with Gasteiger partial charge >= 0.3 is 6.09 Å². The highest BCUT2D eigenvalue weighted by atomic mass is 35.5. The highest BCUT2D eigenvalue weighted by Gasteiger charge is 2.26. The third-order valence-electron chi connectivity index (χ3n) is 6.47. The number of nitrogens with zero attached hydrogens (tertiary/aromatic N) is 5. The van der Waals surface area contributed by atoms with Crippen molar-refractivity contribution in [3.63, 3.8) is 0 Å². The van der Waals surface area contributed by atoms with Gasteiger partial charge in [-0.3, -0.25) is 4.79 Å². The minimum Gasteiger partial charge on any atom is -0.497 e. The Labute approximate surface area is 243 Å². The summed E-state index contributed by atoms with van der Waals surface area (Å²) in [6.07, 6.45) is 0.488. The summed E-state index contributed by atoms with van der Waals surface area (Å²) in [5, 5.41) is 14.3. The molecular formula is C26H24Cl2N6O5S. The van der Waals surface area contributed by atoms with Crippen LogP contribution < -0.4 is 24.1 Å². The van der Waals surface area contributed by atoms with E-state index in [1.165, 1.54) is 36.8 Å². The van der Waals surface area contributed by atoms with E-state index in [-0.39, 0.29) is 16.3 Å². The number of rotatable bonds is 7. The van der Waals surface area contributed by atoms with Crippen LogP contribution in [-0.4, -0.2) is 72.4 Å². The number of carbonyl (C=O) groups excluding carboxylic acids is 1. The van der Waals surface area contributed by atoms with E-state index in [9.17, 15) is 9.59 Å². The minimum atomic E-state index is -0.892. The molecule has 2 aromatic heterocycles. The lowest BCUT2D eigenvalue weighted by Crippen LogP contribution is -2.48. The predicted octanol–water partition coefficient (Wildman–Crippen LogP) is 5.71. The van der Waals surface area contributed by atoms with Gasteiger partial charge in [-0.15, -0.1) is 11.3 Å². The molecule has 1 fully saturated rings. The van der Waals surface area contributed by atoms with Gasteiger partial charge in [0.2, 0.25) is 0 Å². The number of methoxy groups -OCH3 is 2. The Kier molecular flexibility index (Phi) is 8.01. The van der Waals surface area contributed by atoms with E-state index >= 15 is 0 Å². The second kappa shape index (κ2) is 11.6. The molecule has 0 radical (unpaired) electrons. The van der Waals surface area contributed by atoms with Crippen molar-refractivity contribution in [1.29, 1.82) is 0 Å². The Balaban J connectivity index is 1.35. The lowest BCUT2D eigenvalue weighted by atomic mass is 10.2. The number of carboxylic acid groups (broad SMARTS) is 1. The van der Waals surface area contributed by atoms with Crippen molar-refractivity contribution in [1.82, 2.24) is 14.9 Å². The van der Waals surface area contributed by atoms with Gasteiger partial charge in [-0.2, -0.15) is 0 Å². The summed E-state index contributed by atoms with van der Waals surface area (Å²) in [5.41, 5.74) is 2.73. The molecule has 3 heterocycles. The van der Waals surface area contributed by atoms with Crippen LogP contribution in [0.2, 0.25) is 5.02 Å². The first-order valence-corrected chi connectivity index (χ1v) is 13.6. The number of piperazine rings is 1. The highest BCUT2D eigenvalue weighted by Crippen LogP contribution is 2.41. The second-order valence-electron chi connectivity index (χ2n) is 8.73. The maximum Gasteiger partial charge on any atom is 0.407 e. The van der Waals surface area contributed by atoms with Crippen molar-refractivity contribution in [3.05, 3.63) is 58.7 Å². The van der Waals surface area contributed by atoms with E-state index in [2.05, 4.69) is 20.2 Å². The van der Waals surface area contributed by atoms with Crippen LogP contribution in [0.1, 0.15) is 10.4 Å². The molecule has 208 valence electrons. The Morgan fingerprint density at radius 2 is 1.80 bits per heavy atom. The average molecular weight is 603 g/mol. The first-order chi connectivity index (χ1) is 19.3. The number of fused-ring (bicyclic) bond motifs is 1.